The van der Waals surface area contributed by atoms with E-state index < -0.39 is 37.0 Å². The Balaban J connectivity index is 2.51. The van der Waals surface area contributed by atoms with Crippen LogP contribution < -0.4 is 0 Å². The molecule has 1 aliphatic rings. The molecule has 1 fully saturated rings. The zero-order valence-corrected chi connectivity index (χ0v) is 7.02. The Bertz CT molecular complexity index is 192. The van der Waals surface area contributed by atoms with Crippen molar-refractivity contribution < 1.29 is 40.4 Å². The number of aliphatic hydroxyl groups is 6. The maximum absolute atomic E-state index is 9.17. The summed E-state index contributed by atoms with van der Waals surface area (Å²) >= 11 is 0. The van der Waals surface area contributed by atoms with Gasteiger partial charge >= 0.3 is 5.97 Å². The molecule has 14 heavy (non-hydrogen) atoms. The predicted octanol–water partition coefficient (Wildman–Crippen LogP) is -3.97. The molecule has 0 aliphatic carbocycles. The zero-order chi connectivity index (χ0) is 10.9. The molecular formula is C6H12O8. The molecule has 0 unspecified atom stereocenters. The first-order valence-corrected chi connectivity index (χ1v) is 3.84. The molecule has 8 heteroatoms. The van der Waals surface area contributed by atoms with E-state index in [0.717, 1.165) is 0 Å². The van der Waals surface area contributed by atoms with Crippen LogP contribution in [0, 0.1) is 0 Å². The molecule has 1 heterocycles. The van der Waals surface area contributed by atoms with Crippen molar-refractivity contribution in [3.05, 3.63) is 0 Å². The molecule has 0 aromatic carbocycles. The highest BCUT2D eigenvalue weighted by Crippen LogP contribution is 2.32. The minimum Gasteiger partial charge on any atom is -0.394 e. The standard InChI is InChI=1S/C6H12O8/c7-1-2(8)3(9)4(10)5(11)6(12)13-14-6/h2-5,7-12H,1H2/t2-,3+,4+,5+/m0/s1. The van der Waals surface area contributed by atoms with Crippen LogP contribution in [-0.2, 0) is 9.78 Å². The van der Waals surface area contributed by atoms with Gasteiger partial charge in [0.25, 0.3) is 0 Å². The Hall–Kier alpha value is -0.320. The largest absolute Gasteiger partial charge is 0.394 e. The summed E-state index contributed by atoms with van der Waals surface area (Å²) < 4.78 is 0. The Morgan fingerprint density at radius 2 is 1.50 bits per heavy atom. The van der Waals surface area contributed by atoms with Crippen molar-refractivity contribution in [2.45, 2.75) is 30.4 Å². The monoisotopic (exact) mass is 212 g/mol. The Morgan fingerprint density at radius 3 is 1.86 bits per heavy atom. The van der Waals surface area contributed by atoms with Crippen LogP contribution in [0.5, 0.6) is 0 Å². The van der Waals surface area contributed by atoms with Crippen molar-refractivity contribution in [3.63, 3.8) is 0 Å². The molecule has 0 radical (unpaired) electrons. The average Bonchev–Trinajstić information content (AvgIpc) is 2.93. The summed E-state index contributed by atoms with van der Waals surface area (Å²) in [5.74, 6) is -2.35. The summed E-state index contributed by atoms with van der Waals surface area (Å²) in [5.41, 5.74) is 0. The van der Waals surface area contributed by atoms with Crippen molar-refractivity contribution in [1.29, 1.82) is 0 Å². The third-order valence-corrected chi connectivity index (χ3v) is 1.88. The highest BCUT2D eigenvalue weighted by atomic mass is 17.4. The van der Waals surface area contributed by atoms with Gasteiger partial charge in [-0.2, -0.15) is 9.78 Å². The normalized spacial score (nSPS) is 27.9. The van der Waals surface area contributed by atoms with Crippen molar-refractivity contribution in [1.82, 2.24) is 0 Å². The summed E-state index contributed by atoms with van der Waals surface area (Å²) in [4.78, 5) is 7.87. The molecule has 84 valence electrons. The molecule has 1 aliphatic heterocycles. The van der Waals surface area contributed by atoms with Gasteiger partial charge in [0.15, 0.2) is 6.10 Å². The SMILES string of the molecule is OC[C@H](O)[C@@H](O)[C@@H](O)[C@@H](O)C1(O)OO1. The summed E-state index contributed by atoms with van der Waals surface area (Å²) in [6.45, 7) is -0.801. The Labute approximate surface area is 78.5 Å². The van der Waals surface area contributed by atoms with Crippen LogP contribution in [0.4, 0.5) is 0 Å². The quantitative estimate of drug-likeness (QED) is 0.200. The van der Waals surface area contributed by atoms with E-state index in [0.29, 0.717) is 0 Å². The first kappa shape index (κ1) is 11.8. The number of rotatable bonds is 5. The lowest BCUT2D eigenvalue weighted by atomic mass is 10.0. The molecule has 1 rings (SSSR count). The summed E-state index contributed by atoms with van der Waals surface area (Å²) in [6.07, 6.45) is -7.32. The molecule has 0 bridgehead atoms. The van der Waals surface area contributed by atoms with Crippen molar-refractivity contribution in [3.8, 4) is 0 Å². The van der Waals surface area contributed by atoms with Crippen LogP contribution in [0.3, 0.4) is 0 Å². The van der Waals surface area contributed by atoms with Gasteiger partial charge in [0, 0.05) is 0 Å². The molecular weight excluding hydrogens is 200 g/mol. The fourth-order valence-corrected chi connectivity index (χ4v) is 0.879. The fourth-order valence-electron chi connectivity index (χ4n) is 0.879. The van der Waals surface area contributed by atoms with Gasteiger partial charge in [-0.3, -0.25) is 0 Å². The predicted molar refractivity (Wildman–Crippen MR) is 38.2 cm³/mol. The van der Waals surface area contributed by atoms with Crippen LogP contribution >= 0.6 is 0 Å². The molecule has 0 amide bonds. The molecule has 8 nitrogen and oxygen atoms in total. The molecule has 0 spiro atoms. The van der Waals surface area contributed by atoms with Crippen molar-refractivity contribution in [2.24, 2.45) is 0 Å². The summed E-state index contributed by atoms with van der Waals surface area (Å²) in [7, 11) is 0. The van der Waals surface area contributed by atoms with Crippen LogP contribution in [0.15, 0.2) is 0 Å². The molecule has 0 saturated carbocycles. The van der Waals surface area contributed by atoms with E-state index >= 15 is 0 Å². The van der Waals surface area contributed by atoms with Gasteiger partial charge in [-0.25, -0.2) is 0 Å². The van der Waals surface area contributed by atoms with Gasteiger partial charge in [0.1, 0.15) is 18.3 Å². The number of hydrogen-bond donors (Lipinski definition) is 6. The van der Waals surface area contributed by atoms with Crippen LogP contribution in [0.2, 0.25) is 0 Å². The Morgan fingerprint density at radius 1 is 1.00 bits per heavy atom. The first-order valence-electron chi connectivity index (χ1n) is 3.84. The van der Waals surface area contributed by atoms with E-state index in [2.05, 4.69) is 9.78 Å². The van der Waals surface area contributed by atoms with E-state index in [1.54, 1.807) is 0 Å². The van der Waals surface area contributed by atoms with E-state index in [1.165, 1.54) is 0 Å². The highest BCUT2D eigenvalue weighted by Gasteiger charge is 2.58. The van der Waals surface area contributed by atoms with Gasteiger partial charge in [0.05, 0.1) is 6.61 Å². The lowest BCUT2D eigenvalue weighted by molar-refractivity contribution is -0.176. The molecule has 6 N–H and O–H groups in total. The lowest BCUT2D eigenvalue weighted by Crippen LogP contribution is -2.51. The highest BCUT2D eigenvalue weighted by molar-refractivity contribution is 4.86. The molecule has 4 atom stereocenters. The van der Waals surface area contributed by atoms with Gasteiger partial charge in [-0.1, -0.05) is 0 Å². The van der Waals surface area contributed by atoms with E-state index in [4.69, 9.17) is 25.5 Å². The van der Waals surface area contributed by atoms with Gasteiger partial charge in [0.2, 0.25) is 0 Å². The van der Waals surface area contributed by atoms with Crippen molar-refractivity contribution >= 4 is 0 Å². The summed E-state index contributed by atoms with van der Waals surface area (Å²) in [6, 6.07) is 0. The summed E-state index contributed by atoms with van der Waals surface area (Å²) in [5, 5.41) is 53.7. The topological polar surface area (TPSA) is 146 Å². The first-order chi connectivity index (χ1) is 6.42. The van der Waals surface area contributed by atoms with Crippen LogP contribution in [0.25, 0.3) is 0 Å². The minimum absolute atomic E-state index is 0.801. The lowest BCUT2D eigenvalue weighted by Gasteiger charge is -2.24. The maximum atomic E-state index is 9.17. The van der Waals surface area contributed by atoms with Gasteiger partial charge in [-0.15, -0.1) is 0 Å². The third-order valence-electron chi connectivity index (χ3n) is 1.88. The average molecular weight is 212 g/mol. The molecule has 1 saturated heterocycles. The van der Waals surface area contributed by atoms with E-state index in [1.807, 2.05) is 0 Å². The number of hydrogen-bond acceptors (Lipinski definition) is 8. The maximum Gasteiger partial charge on any atom is 0.366 e. The van der Waals surface area contributed by atoms with Crippen LogP contribution in [0.1, 0.15) is 0 Å². The molecule has 0 aromatic rings. The van der Waals surface area contributed by atoms with Gasteiger partial charge < -0.3 is 30.6 Å². The minimum atomic E-state index is -2.35. The van der Waals surface area contributed by atoms with Crippen LogP contribution in [-0.4, -0.2) is 67.6 Å². The van der Waals surface area contributed by atoms with Gasteiger partial charge in [-0.05, 0) is 0 Å². The zero-order valence-electron chi connectivity index (χ0n) is 7.02. The van der Waals surface area contributed by atoms with E-state index in [9.17, 15) is 5.11 Å². The fraction of sp³-hybridized carbons (Fsp3) is 1.00. The second-order valence-corrected chi connectivity index (χ2v) is 2.97. The second-order valence-electron chi connectivity index (χ2n) is 2.97. The number of aliphatic hydroxyl groups excluding tert-OH is 5. The van der Waals surface area contributed by atoms with E-state index in [-0.39, 0.29) is 0 Å². The Kier molecular flexibility index (Phi) is 3.40. The third kappa shape index (κ3) is 2.19. The second kappa shape index (κ2) is 4.04. The van der Waals surface area contributed by atoms with Crippen molar-refractivity contribution in [2.75, 3.05) is 6.61 Å². The smallest absolute Gasteiger partial charge is 0.366 e. The molecule has 0 aromatic heterocycles.